The minimum atomic E-state index is -0.285. The van der Waals surface area contributed by atoms with Crippen molar-refractivity contribution >= 4 is 11.8 Å². The van der Waals surface area contributed by atoms with Gasteiger partial charge in [0.1, 0.15) is 6.04 Å². The molecule has 1 N–H and O–H groups in total. The van der Waals surface area contributed by atoms with Gasteiger partial charge in [0, 0.05) is 19.5 Å². The van der Waals surface area contributed by atoms with Gasteiger partial charge >= 0.3 is 0 Å². The van der Waals surface area contributed by atoms with Gasteiger partial charge in [-0.25, -0.2) is 0 Å². The number of rotatable bonds is 2. The maximum Gasteiger partial charge on any atom is 0.245 e. The van der Waals surface area contributed by atoms with Crippen LogP contribution in [0.1, 0.15) is 59.3 Å². The molecule has 2 fully saturated rings. The Hall–Kier alpha value is -1.06. The molecule has 1 saturated carbocycles. The van der Waals surface area contributed by atoms with Crippen LogP contribution >= 0.6 is 0 Å². The Morgan fingerprint density at radius 1 is 1.15 bits per heavy atom. The molecular weight excluding hydrogens is 252 g/mol. The Kier molecular flexibility index (Phi) is 4.71. The zero-order valence-electron chi connectivity index (χ0n) is 13.1. The van der Waals surface area contributed by atoms with Crippen LogP contribution in [-0.2, 0) is 9.59 Å². The number of hydrogen-bond donors (Lipinski definition) is 1. The van der Waals surface area contributed by atoms with Gasteiger partial charge < -0.3 is 10.2 Å². The molecule has 0 spiro atoms. The third kappa shape index (κ3) is 3.97. The van der Waals surface area contributed by atoms with E-state index in [0.717, 1.165) is 19.4 Å². The molecule has 1 saturated heterocycles. The predicted octanol–water partition coefficient (Wildman–Crippen LogP) is 2.33. The summed E-state index contributed by atoms with van der Waals surface area (Å²) in [5.41, 5.74) is 0.0696. The molecule has 1 aliphatic heterocycles. The highest BCUT2D eigenvalue weighted by Gasteiger charge is 2.36. The van der Waals surface area contributed by atoms with Crippen LogP contribution in [0, 0.1) is 11.3 Å². The minimum absolute atomic E-state index is 0.0327. The van der Waals surface area contributed by atoms with Crippen molar-refractivity contribution in [1.82, 2.24) is 10.2 Å². The number of nitrogens with one attached hydrogen (secondary N) is 1. The van der Waals surface area contributed by atoms with Gasteiger partial charge in [0.15, 0.2) is 0 Å². The van der Waals surface area contributed by atoms with Crippen molar-refractivity contribution in [3.8, 4) is 0 Å². The monoisotopic (exact) mass is 280 g/mol. The zero-order valence-corrected chi connectivity index (χ0v) is 13.1. The lowest BCUT2D eigenvalue weighted by molar-refractivity contribution is -0.136. The quantitative estimate of drug-likeness (QED) is 0.844. The maximum absolute atomic E-state index is 12.8. The van der Waals surface area contributed by atoms with Crippen molar-refractivity contribution in [3.63, 3.8) is 0 Å². The minimum Gasteiger partial charge on any atom is -0.344 e. The molecule has 20 heavy (non-hydrogen) atoms. The van der Waals surface area contributed by atoms with Gasteiger partial charge in [-0.05, 0) is 24.2 Å². The standard InChI is InChI=1S/C16H28N2O2/c1-16(2,3)11-18-10-9-13(19)17-14(15(18)20)12-7-5-4-6-8-12/h12,14H,4-11H2,1-3H3,(H,17,19). The predicted molar refractivity (Wildman–Crippen MR) is 79.2 cm³/mol. The molecule has 4 heteroatoms. The second-order valence-corrected chi connectivity index (χ2v) is 7.51. The summed E-state index contributed by atoms with van der Waals surface area (Å²) < 4.78 is 0. The second kappa shape index (κ2) is 6.15. The molecule has 1 aliphatic carbocycles. The van der Waals surface area contributed by atoms with Gasteiger partial charge in [-0.3, -0.25) is 9.59 Å². The fraction of sp³-hybridized carbons (Fsp3) is 0.875. The van der Waals surface area contributed by atoms with Crippen molar-refractivity contribution in [2.24, 2.45) is 11.3 Å². The van der Waals surface area contributed by atoms with Crippen LogP contribution in [-0.4, -0.2) is 35.8 Å². The number of nitrogens with zero attached hydrogens (tertiary/aromatic N) is 1. The van der Waals surface area contributed by atoms with Crippen LogP contribution in [0.3, 0.4) is 0 Å². The topological polar surface area (TPSA) is 49.4 Å². The first kappa shape index (κ1) is 15.3. The Bertz CT molecular complexity index is 367. The normalized spacial score (nSPS) is 26.4. The summed E-state index contributed by atoms with van der Waals surface area (Å²) in [6.07, 6.45) is 6.20. The lowest BCUT2D eigenvalue weighted by Crippen LogP contribution is -2.50. The fourth-order valence-electron chi connectivity index (χ4n) is 3.37. The molecule has 1 unspecified atom stereocenters. The first-order valence-corrected chi connectivity index (χ1v) is 7.95. The number of amides is 2. The van der Waals surface area contributed by atoms with E-state index in [0.29, 0.717) is 18.9 Å². The molecule has 114 valence electrons. The average molecular weight is 280 g/mol. The van der Waals surface area contributed by atoms with Gasteiger partial charge in [0.2, 0.25) is 11.8 Å². The van der Waals surface area contributed by atoms with Gasteiger partial charge in [-0.15, -0.1) is 0 Å². The molecule has 0 aromatic carbocycles. The third-order valence-electron chi connectivity index (χ3n) is 4.29. The van der Waals surface area contributed by atoms with Crippen molar-refractivity contribution in [2.45, 2.75) is 65.3 Å². The molecule has 1 heterocycles. The van der Waals surface area contributed by atoms with E-state index in [-0.39, 0.29) is 23.3 Å². The molecule has 2 aliphatic rings. The van der Waals surface area contributed by atoms with E-state index in [1.807, 2.05) is 4.90 Å². The van der Waals surface area contributed by atoms with Crippen LogP contribution in [0.2, 0.25) is 0 Å². The summed E-state index contributed by atoms with van der Waals surface area (Å²) in [7, 11) is 0. The maximum atomic E-state index is 12.8. The summed E-state index contributed by atoms with van der Waals surface area (Å²) in [6, 6.07) is -0.285. The number of hydrogen-bond acceptors (Lipinski definition) is 2. The Morgan fingerprint density at radius 3 is 2.40 bits per heavy atom. The average Bonchev–Trinajstić information content (AvgIpc) is 2.51. The van der Waals surface area contributed by atoms with Crippen molar-refractivity contribution < 1.29 is 9.59 Å². The van der Waals surface area contributed by atoms with Crippen molar-refractivity contribution in [2.75, 3.05) is 13.1 Å². The van der Waals surface area contributed by atoms with Gasteiger partial charge in [0.05, 0.1) is 0 Å². The highest BCUT2D eigenvalue weighted by Crippen LogP contribution is 2.29. The molecule has 0 aromatic heterocycles. The molecule has 2 amide bonds. The number of carbonyl (C=O) groups is 2. The van der Waals surface area contributed by atoms with E-state index >= 15 is 0 Å². The smallest absolute Gasteiger partial charge is 0.245 e. The molecule has 2 rings (SSSR count). The summed E-state index contributed by atoms with van der Waals surface area (Å²) >= 11 is 0. The van der Waals surface area contributed by atoms with Crippen molar-refractivity contribution in [1.29, 1.82) is 0 Å². The summed E-state index contributed by atoms with van der Waals surface area (Å²) in [4.78, 5) is 26.6. The van der Waals surface area contributed by atoms with E-state index in [2.05, 4.69) is 26.1 Å². The Morgan fingerprint density at radius 2 is 1.80 bits per heavy atom. The van der Waals surface area contributed by atoms with Crippen LogP contribution < -0.4 is 5.32 Å². The molecule has 0 bridgehead atoms. The van der Waals surface area contributed by atoms with E-state index in [4.69, 9.17) is 0 Å². The van der Waals surface area contributed by atoms with E-state index in [9.17, 15) is 9.59 Å². The van der Waals surface area contributed by atoms with E-state index in [1.54, 1.807) is 0 Å². The summed E-state index contributed by atoms with van der Waals surface area (Å²) in [6.45, 7) is 7.69. The largest absolute Gasteiger partial charge is 0.344 e. The summed E-state index contributed by atoms with van der Waals surface area (Å²) in [5, 5.41) is 2.98. The SMILES string of the molecule is CC(C)(C)CN1CCC(=O)NC(C2CCCCC2)C1=O. The van der Waals surface area contributed by atoms with Gasteiger partial charge in [-0.2, -0.15) is 0 Å². The van der Waals surface area contributed by atoms with Crippen molar-refractivity contribution in [3.05, 3.63) is 0 Å². The van der Waals surface area contributed by atoms with E-state index in [1.165, 1.54) is 19.3 Å². The van der Waals surface area contributed by atoms with Crippen LogP contribution in [0.4, 0.5) is 0 Å². The lowest BCUT2D eigenvalue weighted by Gasteiger charge is -2.34. The first-order valence-electron chi connectivity index (χ1n) is 7.95. The molecule has 1 atom stereocenters. The Balaban J connectivity index is 2.11. The molecule has 4 nitrogen and oxygen atoms in total. The zero-order chi connectivity index (χ0) is 14.8. The first-order chi connectivity index (χ1) is 9.37. The Labute approximate surface area is 122 Å². The lowest BCUT2D eigenvalue weighted by atomic mass is 9.83. The second-order valence-electron chi connectivity index (χ2n) is 7.51. The van der Waals surface area contributed by atoms with Gasteiger partial charge in [0.25, 0.3) is 0 Å². The third-order valence-corrected chi connectivity index (χ3v) is 4.29. The van der Waals surface area contributed by atoms with Crippen LogP contribution in [0.5, 0.6) is 0 Å². The molecular formula is C16H28N2O2. The highest BCUT2D eigenvalue weighted by atomic mass is 16.2. The summed E-state index contributed by atoms with van der Waals surface area (Å²) in [5.74, 6) is 0.503. The highest BCUT2D eigenvalue weighted by molar-refractivity contribution is 5.90. The fourth-order valence-corrected chi connectivity index (χ4v) is 3.37. The van der Waals surface area contributed by atoms with Gasteiger partial charge in [-0.1, -0.05) is 40.0 Å². The molecule has 0 aromatic rings. The van der Waals surface area contributed by atoms with Crippen LogP contribution in [0.15, 0.2) is 0 Å². The van der Waals surface area contributed by atoms with E-state index < -0.39 is 0 Å². The number of carbonyl (C=O) groups excluding carboxylic acids is 2. The molecule has 0 radical (unpaired) electrons. The van der Waals surface area contributed by atoms with Crippen LogP contribution in [0.25, 0.3) is 0 Å².